The van der Waals surface area contributed by atoms with E-state index in [9.17, 15) is 13.5 Å². The van der Waals surface area contributed by atoms with Gasteiger partial charge in [0.25, 0.3) is 0 Å². The molecule has 16 heavy (non-hydrogen) atoms. The molecule has 0 aliphatic rings. The Balaban J connectivity index is 3.92. The Hall–Kier alpha value is -0.170. The van der Waals surface area contributed by atoms with E-state index in [1.54, 1.807) is 0 Å². The summed E-state index contributed by atoms with van der Waals surface area (Å²) >= 11 is 0. The first kappa shape index (κ1) is 15.8. The lowest BCUT2D eigenvalue weighted by molar-refractivity contribution is 0.0603. The topological polar surface area (TPSA) is 75.6 Å². The van der Waals surface area contributed by atoms with Crippen LogP contribution in [0.25, 0.3) is 0 Å². The highest BCUT2D eigenvalue weighted by atomic mass is 32.2. The highest BCUT2D eigenvalue weighted by molar-refractivity contribution is 7.89. The minimum absolute atomic E-state index is 0.0837. The third-order valence-electron chi connectivity index (χ3n) is 1.78. The zero-order chi connectivity index (χ0) is 12.8. The van der Waals surface area contributed by atoms with E-state index in [4.69, 9.17) is 4.74 Å². The fraction of sp³-hybridized carbons (Fsp3) is 1.00. The maximum Gasteiger partial charge on any atom is 0.212 e. The average molecular weight is 253 g/mol. The number of hydrogen-bond donors (Lipinski definition) is 2. The minimum atomic E-state index is -3.25. The van der Waals surface area contributed by atoms with Crippen LogP contribution in [0.1, 0.15) is 27.2 Å². The molecule has 0 fully saturated rings. The van der Waals surface area contributed by atoms with Crippen molar-refractivity contribution in [2.45, 2.75) is 33.3 Å². The lowest BCUT2D eigenvalue weighted by atomic mass is 10.0. The lowest BCUT2D eigenvalue weighted by Gasteiger charge is -2.18. The summed E-state index contributed by atoms with van der Waals surface area (Å²) in [5, 5.41) is 9.32. The van der Waals surface area contributed by atoms with Crippen molar-refractivity contribution in [3.63, 3.8) is 0 Å². The summed E-state index contributed by atoms with van der Waals surface area (Å²) in [5.74, 6) is 0.0837. The summed E-state index contributed by atoms with van der Waals surface area (Å²) in [5.41, 5.74) is -0.267. The van der Waals surface area contributed by atoms with Crippen LogP contribution in [0.3, 0.4) is 0 Å². The van der Waals surface area contributed by atoms with Crippen molar-refractivity contribution in [1.82, 2.24) is 4.72 Å². The number of aliphatic hydroxyl groups is 1. The number of aliphatic hydroxyl groups excluding tert-OH is 1. The first-order valence-corrected chi connectivity index (χ1v) is 6.96. The normalized spacial score (nSPS) is 15.1. The van der Waals surface area contributed by atoms with E-state index in [0.29, 0.717) is 6.42 Å². The summed E-state index contributed by atoms with van der Waals surface area (Å²) < 4.78 is 30.3. The van der Waals surface area contributed by atoms with E-state index in [1.165, 1.54) is 7.11 Å². The van der Waals surface area contributed by atoms with Gasteiger partial charge in [0.1, 0.15) is 0 Å². The Labute approximate surface area is 98.2 Å². The van der Waals surface area contributed by atoms with Gasteiger partial charge in [-0.25, -0.2) is 13.1 Å². The summed E-state index contributed by atoms with van der Waals surface area (Å²) in [6.45, 7) is 6.06. The summed E-state index contributed by atoms with van der Waals surface area (Å²) in [6, 6.07) is 0. The highest BCUT2D eigenvalue weighted by Gasteiger charge is 2.21. The molecule has 0 rings (SSSR count). The van der Waals surface area contributed by atoms with E-state index in [2.05, 4.69) is 4.72 Å². The van der Waals surface area contributed by atoms with Crippen molar-refractivity contribution >= 4 is 10.0 Å². The third-order valence-corrected chi connectivity index (χ3v) is 3.67. The van der Waals surface area contributed by atoms with Crippen molar-refractivity contribution in [1.29, 1.82) is 0 Å². The first-order valence-electron chi connectivity index (χ1n) is 5.30. The Morgan fingerprint density at radius 1 is 1.38 bits per heavy atom. The third kappa shape index (κ3) is 9.08. The summed E-state index contributed by atoms with van der Waals surface area (Å²) in [7, 11) is -1.76. The molecule has 0 bridgehead atoms. The van der Waals surface area contributed by atoms with Gasteiger partial charge in [0, 0.05) is 13.7 Å². The number of nitrogens with one attached hydrogen (secondary N) is 1. The Morgan fingerprint density at radius 2 is 1.94 bits per heavy atom. The van der Waals surface area contributed by atoms with E-state index in [1.807, 2.05) is 20.8 Å². The zero-order valence-corrected chi connectivity index (χ0v) is 11.3. The number of rotatable bonds is 7. The van der Waals surface area contributed by atoms with Gasteiger partial charge in [-0.15, -0.1) is 0 Å². The van der Waals surface area contributed by atoms with Gasteiger partial charge in [-0.1, -0.05) is 20.8 Å². The van der Waals surface area contributed by atoms with Gasteiger partial charge < -0.3 is 9.84 Å². The van der Waals surface area contributed by atoms with Crippen LogP contribution in [0.2, 0.25) is 0 Å². The van der Waals surface area contributed by atoms with Gasteiger partial charge in [0.2, 0.25) is 10.0 Å². The molecule has 1 atom stereocenters. The fourth-order valence-corrected chi connectivity index (χ4v) is 2.95. The molecule has 0 aliphatic carbocycles. The van der Waals surface area contributed by atoms with Gasteiger partial charge in [-0.2, -0.15) is 0 Å². The van der Waals surface area contributed by atoms with E-state index >= 15 is 0 Å². The Morgan fingerprint density at radius 3 is 2.38 bits per heavy atom. The second kappa shape index (κ2) is 6.54. The number of methoxy groups -OCH3 is 1. The van der Waals surface area contributed by atoms with E-state index in [0.717, 1.165) is 0 Å². The molecule has 0 radical (unpaired) electrons. The molecule has 0 aromatic rings. The quantitative estimate of drug-likeness (QED) is 0.686. The molecule has 0 amide bonds. The number of hydrogen-bond acceptors (Lipinski definition) is 4. The highest BCUT2D eigenvalue weighted by Crippen LogP contribution is 2.15. The van der Waals surface area contributed by atoms with Crippen LogP contribution in [0.4, 0.5) is 0 Å². The van der Waals surface area contributed by atoms with Crippen LogP contribution in [0.5, 0.6) is 0 Å². The predicted octanol–water partition coefficient (Wildman–Crippen LogP) is 0.349. The molecule has 0 aliphatic heterocycles. The molecule has 6 heteroatoms. The molecule has 0 heterocycles. The molecule has 5 nitrogen and oxygen atoms in total. The SMILES string of the molecule is COCC(O)CCNS(=O)(=O)CC(C)(C)C. The monoisotopic (exact) mass is 253 g/mol. The summed E-state index contributed by atoms with van der Waals surface area (Å²) in [4.78, 5) is 0. The lowest BCUT2D eigenvalue weighted by Crippen LogP contribution is -2.34. The van der Waals surface area contributed by atoms with Gasteiger partial charge in [0.05, 0.1) is 18.5 Å². The van der Waals surface area contributed by atoms with Gasteiger partial charge in [0.15, 0.2) is 0 Å². The maximum absolute atomic E-state index is 11.6. The molecule has 0 aromatic carbocycles. The Kier molecular flexibility index (Phi) is 6.47. The van der Waals surface area contributed by atoms with Gasteiger partial charge >= 0.3 is 0 Å². The standard InChI is InChI=1S/C10H23NO4S/c1-10(2,3)8-16(13,14)11-6-5-9(12)7-15-4/h9,11-12H,5-8H2,1-4H3. The molecule has 0 saturated carbocycles. The molecule has 0 saturated heterocycles. The van der Waals surface area contributed by atoms with E-state index < -0.39 is 16.1 Å². The van der Waals surface area contributed by atoms with Crippen LogP contribution in [-0.2, 0) is 14.8 Å². The molecule has 1 unspecified atom stereocenters. The second-order valence-electron chi connectivity index (χ2n) is 5.11. The number of ether oxygens (including phenoxy) is 1. The maximum atomic E-state index is 11.6. The minimum Gasteiger partial charge on any atom is -0.391 e. The van der Waals surface area contributed by atoms with Crippen LogP contribution < -0.4 is 4.72 Å². The smallest absolute Gasteiger partial charge is 0.212 e. The van der Waals surface area contributed by atoms with Crippen molar-refractivity contribution in [3.8, 4) is 0 Å². The second-order valence-corrected chi connectivity index (χ2v) is 6.92. The molecule has 98 valence electrons. The Bertz CT molecular complexity index is 282. The van der Waals surface area contributed by atoms with Crippen molar-refractivity contribution in [3.05, 3.63) is 0 Å². The van der Waals surface area contributed by atoms with Gasteiger partial charge in [-0.05, 0) is 11.8 Å². The van der Waals surface area contributed by atoms with Crippen LogP contribution >= 0.6 is 0 Å². The fourth-order valence-electron chi connectivity index (χ4n) is 1.28. The van der Waals surface area contributed by atoms with Crippen LogP contribution in [-0.4, -0.2) is 45.6 Å². The van der Waals surface area contributed by atoms with Crippen molar-refractivity contribution in [2.75, 3.05) is 26.0 Å². The van der Waals surface area contributed by atoms with Gasteiger partial charge in [-0.3, -0.25) is 0 Å². The van der Waals surface area contributed by atoms with Crippen LogP contribution in [0.15, 0.2) is 0 Å². The average Bonchev–Trinajstić information content (AvgIpc) is 1.98. The predicted molar refractivity (Wildman–Crippen MR) is 63.7 cm³/mol. The number of sulfonamides is 1. The van der Waals surface area contributed by atoms with Crippen molar-refractivity contribution in [2.24, 2.45) is 5.41 Å². The van der Waals surface area contributed by atoms with Crippen molar-refractivity contribution < 1.29 is 18.3 Å². The zero-order valence-electron chi connectivity index (χ0n) is 10.5. The molecular weight excluding hydrogens is 230 g/mol. The van der Waals surface area contributed by atoms with Crippen LogP contribution in [0, 0.1) is 5.41 Å². The molecule has 2 N–H and O–H groups in total. The largest absolute Gasteiger partial charge is 0.391 e. The molecule has 0 aromatic heterocycles. The molecule has 0 spiro atoms. The molecular formula is C10H23NO4S. The first-order chi connectivity index (χ1) is 7.16. The summed E-state index contributed by atoms with van der Waals surface area (Å²) in [6.07, 6.45) is -0.264. The van der Waals surface area contributed by atoms with E-state index in [-0.39, 0.29) is 24.3 Å².